The monoisotopic (exact) mass is 558 g/mol. The van der Waals surface area contributed by atoms with Crippen molar-refractivity contribution >= 4 is 24.1 Å². The number of aromatic nitrogens is 2. The average molecular weight is 559 g/mol. The summed E-state index contributed by atoms with van der Waals surface area (Å²) in [5.74, 6) is 0.392. The van der Waals surface area contributed by atoms with Gasteiger partial charge < -0.3 is 28.5 Å². The molecule has 0 radical (unpaired) electrons. The molecule has 0 atom stereocenters. The minimum atomic E-state index is -0.947. The van der Waals surface area contributed by atoms with Crippen LogP contribution in [-0.4, -0.2) is 47.0 Å². The fourth-order valence-electron chi connectivity index (χ4n) is 3.80. The Morgan fingerprint density at radius 2 is 1.17 bits per heavy atom. The SMILES string of the molecule is C.CCOC(=O)/C=C/c1cccn1Cc1ccc(OC)cc1.COc1ccc(Cn2cccc2/C=C/C(=O)O)cc1. The number of carbonyl (C=O) groups excluding carboxylic acids is 1. The summed E-state index contributed by atoms with van der Waals surface area (Å²) in [6.07, 6.45) is 9.84. The van der Waals surface area contributed by atoms with Gasteiger partial charge in [-0.15, -0.1) is 0 Å². The largest absolute Gasteiger partial charge is 0.497 e. The van der Waals surface area contributed by atoms with Crippen molar-refractivity contribution in [3.63, 3.8) is 0 Å². The number of carboxylic acids is 1. The molecule has 4 rings (SSSR count). The summed E-state index contributed by atoms with van der Waals surface area (Å²) in [7, 11) is 3.29. The number of aliphatic carboxylic acids is 1. The quantitative estimate of drug-likeness (QED) is 0.169. The maximum absolute atomic E-state index is 11.3. The zero-order valence-corrected chi connectivity index (χ0v) is 22.9. The van der Waals surface area contributed by atoms with Crippen LogP contribution in [0, 0.1) is 0 Å². The highest BCUT2D eigenvalue weighted by Crippen LogP contribution is 2.15. The molecule has 0 unspecified atom stereocenters. The summed E-state index contributed by atoms with van der Waals surface area (Å²) in [6, 6.07) is 23.4. The van der Waals surface area contributed by atoms with Gasteiger partial charge in [-0.05, 0) is 78.7 Å². The molecule has 0 bridgehead atoms. The first-order chi connectivity index (χ1) is 19.4. The first kappa shape index (κ1) is 32.2. The van der Waals surface area contributed by atoms with Crippen LogP contribution in [0.1, 0.15) is 36.9 Å². The van der Waals surface area contributed by atoms with Crippen molar-refractivity contribution in [3.05, 3.63) is 120 Å². The number of hydrogen-bond donors (Lipinski definition) is 1. The number of carboxylic acid groups (broad SMARTS) is 1. The molecule has 0 aliphatic rings. The second-order valence-corrected chi connectivity index (χ2v) is 8.58. The smallest absolute Gasteiger partial charge is 0.330 e. The molecule has 0 aliphatic carbocycles. The molecule has 4 aromatic rings. The number of ether oxygens (including phenoxy) is 3. The van der Waals surface area contributed by atoms with Gasteiger partial charge in [0.1, 0.15) is 11.5 Å². The molecule has 0 spiro atoms. The Labute approximate surface area is 241 Å². The molecule has 0 saturated carbocycles. The fourth-order valence-corrected chi connectivity index (χ4v) is 3.80. The number of methoxy groups -OCH3 is 2. The number of carbonyl (C=O) groups is 2. The van der Waals surface area contributed by atoms with Gasteiger partial charge in [0.05, 0.1) is 20.8 Å². The molecular weight excluding hydrogens is 520 g/mol. The Balaban J connectivity index is 0.000000281. The van der Waals surface area contributed by atoms with E-state index in [-0.39, 0.29) is 13.4 Å². The normalized spacial score (nSPS) is 10.5. The van der Waals surface area contributed by atoms with Gasteiger partial charge in [0.15, 0.2) is 0 Å². The molecule has 41 heavy (non-hydrogen) atoms. The molecule has 8 nitrogen and oxygen atoms in total. The van der Waals surface area contributed by atoms with Gasteiger partial charge in [-0.3, -0.25) is 0 Å². The van der Waals surface area contributed by atoms with Crippen molar-refractivity contribution < 1.29 is 28.9 Å². The molecule has 1 N–H and O–H groups in total. The maximum atomic E-state index is 11.3. The van der Waals surface area contributed by atoms with Gasteiger partial charge in [-0.25, -0.2) is 9.59 Å². The Kier molecular flexibility index (Phi) is 13.3. The molecule has 8 heteroatoms. The maximum Gasteiger partial charge on any atom is 0.330 e. The van der Waals surface area contributed by atoms with E-state index in [4.69, 9.17) is 19.3 Å². The molecule has 216 valence electrons. The average Bonchev–Trinajstić information content (AvgIpc) is 3.61. The Morgan fingerprint density at radius 3 is 1.56 bits per heavy atom. The topological polar surface area (TPSA) is 91.9 Å². The van der Waals surface area contributed by atoms with E-state index in [2.05, 4.69) is 4.57 Å². The molecule has 2 heterocycles. The molecule has 0 amide bonds. The van der Waals surface area contributed by atoms with Crippen LogP contribution in [0.4, 0.5) is 0 Å². The van der Waals surface area contributed by atoms with Crippen LogP contribution in [0.3, 0.4) is 0 Å². The summed E-state index contributed by atoms with van der Waals surface area (Å²) >= 11 is 0. The lowest BCUT2D eigenvalue weighted by Crippen LogP contribution is -2.02. The molecule has 0 aliphatic heterocycles. The van der Waals surface area contributed by atoms with E-state index in [1.54, 1.807) is 33.3 Å². The zero-order chi connectivity index (χ0) is 28.7. The van der Waals surface area contributed by atoms with Gasteiger partial charge in [-0.2, -0.15) is 0 Å². The van der Waals surface area contributed by atoms with E-state index in [1.165, 1.54) is 6.08 Å². The van der Waals surface area contributed by atoms with Crippen LogP contribution >= 0.6 is 0 Å². The Morgan fingerprint density at radius 1 is 0.732 bits per heavy atom. The molecule has 0 saturated heterocycles. The highest BCUT2D eigenvalue weighted by Gasteiger charge is 2.02. The summed E-state index contributed by atoms with van der Waals surface area (Å²) < 4.78 is 19.2. The van der Waals surface area contributed by atoms with Gasteiger partial charge in [-0.1, -0.05) is 31.7 Å². The minimum Gasteiger partial charge on any atom is -0.497 e. The van der Waals surface area contributed by atoms with Crippen LogP contribution in [0.25, 0.3) is 12.2 Å². The molecular formula is C33H38N2O6. The van der Waals surface area contributed by atoms with Crippen LogP contribution in [0.2, 0.25) is 0 Å². The van der Waals surface area contributed by atoms with E-state index >= 15 is 0 Å². The second kappa shape index (κ2) is 16.9. The van der Waals surface area contributed by atoms with Crippen molar-refractivity contribution in [2.45, 2.75) is 27.4 Å². The van der Waals surface area contributed by atoms with E-state index in [9.17, 15) is 9.59 Å². The predicted octanol–water partition coefficient (Wildman–Crippen LogP) is 6.40. The van der Waals surface area contributed by atoms with Crippen LogP contribution in [-0.2, 0) is 27.4 Å². The van der Waals surface area contributed by atoms with Crippen molar-refractivity contribution in [3.8, 4) is 11.5 Å². The summed E-state index contributed by atoms with van der Waals surface area (Å²) in [5, 5.41) is 8.64. The number of hydrogen-bond acceptors (Lipinski definition) is 5. The molecule has 2 aromatic carbocycles. The van der Waals surface area contributed by atoms with Crippen LogP contribution < -0.4 is 9.47 Å². The highest BCUT2D eigenvalue weighted by atomic mass is 16.5. The number of esters is 1. The van der Waals surface area contributed by atoms with Crippen molar-refractivity contribution in [2.24, 2.45) is 0 Å². The third kappa shape index (κ3) is 10.6. The predicted molar refractivity (Wildman–Crippen MR) is 162 cm³/mol. The first-order valence-electron chi connectivity index (χ1n) is 12.7. The lowest BCUT2D eigenvalue weighted by molar-refractivity contribution is -0.137. The summed E-state index contributed by atoms with van der Waals surface area (Å²) in [5.41, 5.74) is 4.11. The van der Waals surface area contributed by atoms with E-state index in [0.29, 0.717) is 13.2 Å². The number of rotatable bonds is 11. The Bertz CT molecular complexity index is 1410. The molecule has 2 aromatic heterocycles. The van der Waals surface area contributed by atoms with Crippen LogP contribution in [0.15, 0.2) is 97.3 Å². The zero-order valence-electron chi connectivity index (χ0n) is 22.9. The summed E-state index contributed by atoms with van der Waals surface area (Å²) in [4.78, 5) is 21.9. The van der Waals surface area contributed by atoms with Gasteiger partial charge in [0.25, 0.3) is 0 Å². The fraction of sp³-hybridized carbons (Fsp3) is 0.212. The van der Waals surface area contributed by atoms with E-state index in [1.807, 2.05) is 89.8 Å². The number of benzene rings is 2. The van der Waals surface area contributed by atoms with Gasteiger partial charge >= 0.3 is 11.9 Å². The third-order valence-electron chi connectivity index (χ3n) is 5.83. The minimum absolute atomic E-state index is 0. The van der Waals surface area contributed by atoms with Crippen molar-refractivity contribution in [1.82, 2.24) is 9.13 Å². The van der Waals surface area contributed by atoms with Gasteiger partial charge in [0, 0.05) is 49.0 Å². The highest BCUT2D eigenvalue weighted by molar-refractivity contribution is 5.86. The van der Waals surface area contributed by atoms with Crippen LogP contribution in [0.5, 0.6) is 11.5 Å². The van der Waals surface area contributed by atoms with Crippen molar-refractivity contribution in [2.75, 3.05) is 20.8 Å². The van der Waals surface area contributed by atoms with E-state index in [0.717, 1.165) is 46.6 Å². The van der Waals surface area contributed by atoms with Crippen molar-refractivity contribution in [1.29, 1.82) is 0 Å². The lowest BCUT2D eigenvalue weighted by Gasteiger charge is -2.07. The number of nitrogens with zero attached hydrogens (tertiary/aromatic N) is 2. The third-order valence-corrected chi connectivity index (χ3v) is 5.83. The van der Waals surface area contributed by atoms with E-state index < -0.39 is 5.97 Å². The van der Waals surface area contributed by atoms with Gasteiger partial charge in [0.2, 0.25) is 0 Å². The second-order valence-electron chi connectivity index (χ2n) is 8.58. The Hall–Kier alpha value is -4.98. The standard InChI is InChI=1S/C17H19NO3.C15H15NO3.CH4/c1-3-21-17(19)11-8-15-5-4-12-18(15)13-14-6-9-16(20-2)10-7-14;1-19-14-7-4-12(5-8-14)11-16-10-2-3-13(16)6-9-15(17)18;/h4-12H,3,13H2,1-2H3;2-10H,11H2,1H3,(H,17,18);1H4/b11-8+;9-6+;. The summed E-state index contributed by atoms with van der Waals surface area (Å²) in [6.45, 7) is 3.60. The molecule has 0 fully saturated rings. The first-order valence-corrected chi connectivity index (χ1v) is 12.7. The lowest BCUT2D eigenvalue weighted by atomic mass is 10.2.